The monoisotopic (exact) mass is 316 g/mol. The van der Waals surface area contributed by atoms with Crippen LogP contribution in [0, 0.1) is 5.92 Å². The zero-order chi connectivity index (χ0) is 16.4. The number of nitrogens with one attached hydrogen (secondary N) is 2. The van der Waals surface area contributed by atoms with Gasteiger partial charge >= 0.3 is 0 Å². The SMILES string of the molecule is O=CC1CN(c2ccc(C(=O)NC3CCC(=O)NC3=O)nc2)C1. The second kappa shape index (κ2) is 6.15. The standard InChI is InChI=1S/C15H16N4O4/c20-8-9-6-19(7-9)10-1-2-11(16-5-10)14(22)17-12-3-4-13(21)18-15(12)23/h1-2,5,8-9,12H,3-4,6-7H2,(H,17,22)(H,18,21,23). The fourth-order valence-electron chi connectivity index (χ4n) is 2.58. The van der Waals surface area contributed by atoms with Crippen LogP contribution in [-0.4, -0.2) is 48.1 Å². The summed E-state index contributed by atoms with van der Waals surface area (Å²) in [6, 6.07) is 2.61. The molecular formula is C15H16N4O4. The number of piperidine rings is 1. The van der Waals surface area contributed by atoms with Crippen LogP contribution in [0.25, 0.3) is 0 Å². The lowest BCUT2D eigenvalue weighted by Gasteiger charge is -2.37. The Labute approximate surface area is 132 Å². The average molecular weight is 316 g/mol. The van der Waals surface area contributed by atoms with E-state index < -0.39 is 17.9 Å². The van der Waals surface area contributed by atoms with E-state index in [1.54, 1.807) is 18.3 Å². The van der Waals surface area contributed by atoms with Crippen LogP contribution in [0.2, 0.25) is 0 Å². The smallest absolute Gasteiger partial charge is 0.270 e. The highest BCUT2D eigenvalue weighted by Gasteiger charge is 2.29. The van der Waals surface area contributed by atoms with Crippen molar-refractivity contribution in [3.8, 4) is 0 Å². The van der Waals surface area contributed by atoms with E-state index in [9.17, 15) is 19.2 Å². The van der Waals surface area contributed by atoms with E-state index in [0.717, 1.165) is 12.0 Å². The number of amides is 3. The molecule has 120 valence electrons. The van der Waals surface area contributed by atoms with E-state index >= 15 is 0 Å². The van der Waals surface area contributed by atoms with Crippen LogP contribution in [0.1, 0.15) is 23.3 Å². The molecule has 0 aromatic carbocycles. The Morgan fingerprint density at radius 1 is 1.35 bits per heavy atom. The average Bonchev–Trinajstić information content (AvgIpc) is 2.49. The van der Waals surface area contributed by atoms with Crippen molar-refractivity contribution < 1.29 is 19.2 Å². The van der Waals surface area contributed by atoms with Gasteiger partial charge in [0.15, 0.2) is 0 Å². The molecule has 23 heavy (non-hydrogen) atoms. The molecule has 1 atom stereocenters. The molecule has 3 amide bonds. The molecule has 2 aliphatic heterocycles. The van der Waals surface area contributed by atoms with Crippen molar-refractivity contribution in [2.75, 3.05) is 18.0 Å². The molecule has 8 heteroatoms. The lowest BCUT2D eigenvalue weighted by molar-refractivity contribution is -0.134. The van der Waals surface area contributed by atoms with Gasteiger partial charge in [-0.15, -0.1) is 0 Å². The Hall–Kier alpha value is -2.77. The molecule has 0 bridgehead atoms. The van der Waals surface area contributed by atoms with Crippen molar-refractivity contribution in [3.05, 3.63) is 24.0 Å². The molecule has 3 heterocycles. The third-order valence-corrected chi connectivity index (χ3v) is 3.99. The van der Waals surface area contributed by atoms with Gasteiger partial charge in [0.25, 0.3) is 5.91 Å². The Bertz CT molecular complexity index is 652. The number of rotatable bonds is 4. The summed E-state index contributed by atoms with van der Waals surface area (Å²) in [5.41, 5.74) is 1.05. The van der Waals surface area contributed by atoms with Crippen LogP contribution in [0.15, 0.2) is 18.3 Å². The van der Waals surface area contributed by atoms with Gasteiger partial charge in [-0.25, -0.2) is 4.98 Å². The van der Waals surface area contributed by atoms with Gasteiger partial charge in [0.2, 0.25) is 11.8 Å². The fraction of sp³-hybridized carbons (Fsp3) is 0.400. The molecule has 8 nitrogen and oxygen atoms in total. The van der Waals surface area contributed by atoms with Crippen molar-refractivity contribution in [2.45, 2.75) is 18.9 Å². The summed E-state index contributed by atoms with van der Waals surface area (Å²) in [7, 11) is 0. The molecule has 2 fully saturated rings. The number of hydrogen-bond acceptors (Lipinski definition) is 6. The maximum Gasteiger partial charge on any atom is 0.270 e. The summed E-state index contributed by atoms with van der Waals surface area (Å²) in [5.74, 6) is -1.22. The summed E-state index contributed by atoms with van der Waals surface area (Å²) in [4.78, 5) is 51.5. The molecule has 2 N–H and O–H groups in total. The van der Waals surface area contributed by atoms with Crippen molar-refractivity contribution in [3.63, 3.8) is 0 Å². The van der Waals surface area contributed by atoms with Gasteiger partial charge in [-0.1, -0.05) is 0 Å². The van der Waals surface area contributed by atoms with Gasteiger partial charge in [-0.05, 0) is 18.6 Å². The minimum Gasteiger partial charge on any atom is -0.369 e. The first-order valence-corrected chi connectivity index (χ1v) is 7.37. The third-order valence-electron chi connectivity index (χ3n) is 3.99. The molecule has 0 saturated carbocycles. The molecule has 1 unspecified atom stereocenters. The normalized spacial score (nSPS) is 21.4. The Morgan fingerprint density at radius 3 is 2.74 bits per heavy atom. The Kier molecular flexibility index (Phi) is 4.05. The lowest BCUT2D eigenvalue weighted by Crippen LogP contribution is -2.52. The van der Waals surface area contributed by atoms with Crippen LogP contribution >= 0.6 is 0 Å². The highest BCUT2D eigenvalue weighted by atomic mass is 16.2. The molecule has 1 aromatic rings. The Morgan fingerprint density at radius 2 is 2.13 bits per heavy atom. The predicted octanol–water partition coefficient (Wildman–Crippen LogP) is -0.748. The highest BCUT2D eigenvalue weighted by Crippen LogP contribution is 2.22. The number of anilines is 1. The highest BCUT2D eigenvalue weighted by molar-refractivity contribution is 6.03. The molecule has 1 aromatic heterocycles. The Balaban J connectivity index is 1.58. The first-order chi connectivity index (χ1) is 11.1. The first-order valence-electron chi connectivity index (χ1n) is 7.37. The maximum absolute atomic E-state index is 12.1. The number of pyridine rings is 1. The van der Waals surface area contributed by atoms with Gasteiger partial charge in [0.1, 0.15) is 18.0 Å². The van der Waals surface area contributed by atoms with Crippen LogP contribution in [0.5, 0.6) is 0 Å². The molecule has 0 aliphatic carbocycles. The first kappa shape index (κ1) is 15.1. The molecule has 0 spiro atoms. The second-order valence-electron chi connectivity index (χ2n) is 5.68. The van der Waals surface area contributed by atoms with Crippen molar-refractivity contribution in [1.29, 1.82) is 0 Å². The van der Waals surface area contributed by atoms with E-state index in [1.165, 1.54) is 0 Å². The zero-order valence-corrected chi connectivity index (χ0v) is 12.3. The largest absolute Gasteiger partial charge is 0.369 e. The van der Waals surface area contributed by atoms with E-state index in [-0.39, 0.29) is 30.4 Å². The summed E-state index contributed by atoms with van der Waals surface area (Å²) in [6.45, 7) is 1.32. The van der Waals surface area contributed by atoms with Crippen LogP contribution in [0.4, 0.5) is 5.69 Å². The number of aromatic nitrogens is 1. The lowest BCUT2D eigenvalue weighted by atomic mass is 10.0. The van der Waals surface area contributed by atoms with Crippen molar-refractivity contribution in [2.24, 2.45) is 5.92 Å². The number of carbonyl (C=O) groups excluding carboxylic acids is 4. The zero-order valence-electron chi connectivity index (χ0n) is 12.3. The molecular weight excluding hydrogens is 300 g/mol. The second-order valence-corrected chi connectivity index (χ2v) is 5.68. The predicted molar refractivity (Wildman–Crippen MR) is 79.6 cm³/mol. The summed E-state index contributed by atoms with van der Waals surface area (Å²) >= 11 is 0. The third kappa shape index (κ3) is 3.20. The van der Waals surface area contributed by atoms with Gasteiger partial charge in [0.05, 0.1) is 11.9 Å². The van der Waals surface area contributed by atoms with Crippen molar-refractivity contribution >= 4 is 29.7 Å². The van der Waals surface area contributed by atoms with E-state index in [2.05, 4.69) is 15.6 Å². The fourth-order valence-corrected chi connectivity index (χ4v) is 2.58. The summed E-state index contributed by atoms with van der Waals surface area (Å²) < 4.78 is 0. The summed E-state index contributed by atoms with van der Waals surface area (Å²) in [5, 5.41) is 4.76. The number of imide groups is 1. The number of hydrogen-bond donors (Lipinski definition) is 2. The number of carbonyl (C=O) groups is 4. The topological polar surface area (TPSA) is 108 Å². The minimum atomic E-state index is -0.717. The summed E-state index contributed by atoms with van der Waals surface area (Å²) in [6.07, 6.45) is 3.00. The van der Waals surface area contributed by atoms with E-state index in [0.29, 0.717) is 13.1 Å². The van der Waals surface area contributed by atoms with Gasteiger partial charge < -0.3 is 15.0 Å². The van der Waals surface area contributed by atoms with Gasteiger partial charge in [0, 0.05) is 25.4 Å². The van der Waals surface area contributed by atoms with E-state index in [4.69, 9.17) is 0 Å². The van der Waals surface area contributed by atoms with Crippen LogP contribution < -0.4 is 15.5 Å². The van der Waals surface area contributed by atoms with Crippen molar-refractivity contribution in [1.82, 2.24) is 15.6 Å². The maximum atomic E-state index is 12.1. The number of aldehydes is 1. The number of nitrogens with zero attached hydrogens (tertiary/aromatic N) is 2. The van der Waals surface area contributed by atoms with E-state index in [1.807, 2.05) is 4.90 Å². The van der Waals surface area contributed by atoms with Gasteiger partial charge in [-0.3, -0.25) is 19.7 Å². The van der Waals surface area contributed by atoms with Gasteiger partial charge in [-0.2, -0.15) is 0 Å². The molecule has 2 aliphatic rings. The van der Waals surface area contributed by atoms with Crippen LogP contribution in [0.3, 0.4) is 0 Å². The van der Waals surface area contributed by atoms with Crippen LogP contribution in [-0.2, 0) is 14.4 Å². The quantitative estimate of drug-likeness (QED) is 0.559. The minimum absolute atomic E-state index is 0.0606. The molecule has 3 rings (SSSR count). The molecule has 2 saturated heterocycles. The molecule has 0 radical (unpaired) electrons.